The number of unbranched alkanes of at least 4 members (excludes halogenated alkanes) is 22. The number of phosphoric acid groups is 1. The summed E-state index contributed by atoms with van der Waals surface area (Å²) in [7, 11) is -4.76. The van der Waals surface area contributed by atoms with Crippen LogP contribution in [0.3, 0.4) is 0 Å². The van der Waals surface area contributed by atoms with E-state index in [9.17, 15) is 14.2 Å². The first kappa shape index (κ1) is 49.3. The first-order valence-corrected chi connectivity index (χ1v) is 22.3. The first-order chi connectivity index (χ1) is 24.8. The number of rotatable bonds is 38. The Labute approximate surface area is 312 Å². The van der Waals surface area contributed by atoms with Gasteiger partial charge in [0.2, 0.25) is 0 Å². The molecule has 2 N–H and O–H groups in total. The quantitative estimate of drug-likeness (QED) is 0.0278. The molecule has 0 aromatic carbocycles. The van der Waals surface area contributed by atoms with E-state index in [1.807, 2.05) is 0 Å². The molecule has 51 heavy (non-hydrogen) atoms. The Morgan fingerprint density at radius 2 is 0.882 bits per heavy atom. The highest BCUT2D eigenvalue weighted by Crippen LogP contribution is 2.36. The van der Waals surface area contributed by atoms with Crippen LogP contribution in [0.4, 0.5) is 0 Å². The van der Waals surface area contributed by atoms with Gasteiger partial charge >= 0.3 is 19.8 Å². The zero-order valence-corrected chi connectivity index (χ0v) is 33.6. The number of carbonyl (C=O) groups is 2. The Kier molecular flexibility index (Phi) is 36.7. The molecule has 0 aromatic heterocycles. The Balaban J connectivity index is 3.94. The second-order valence-corrected chi connectivity index (χ2v) is 15.2. The van der Waals surface area contributed by atoms with Gasteiger partial charge in [0.05, 0.1) is 6.61 Å². The molecule has 0 spiro atoms. The molecule has 0 saturated heterocycles. The molecule has 298 valence electrons. The minimum absolute atomic E-state index is 0.195. The van der Waals surface area contributed by atoms with Gasteiger partial charge in [-0.2, -0.15) is 0 Å². The van der Waals surface area contributed by atoms with E-state index in [1.165, 1.54) is 96.3 Å². The van der Waals surface area contributed by atoms with Gasteiger partial charge in [-0.25, -0.2) is 4.57 Å². The van der Waals surface area contributed by atoms with Gasteiger partial charge in [0.1, 0.15) is 6.61 Å². The number of allylic oxidation sites excluding steroid dienone is 6. The highest BCUT2D eigenvalue weighted by Gasteiger charge is 2.22. The van der Waals surface area contributed by atoms with Crippen molar-refractivity contribution in [3.05, 3.63) is 36.5 Å². The van der Waals surface area contributed by atoms with Crippen molar-refractivity contribution >= 4 is 19.8 Å². The van der Waals surface area contributed by atoms with Crippen molar-refractivity contribution in [1.82, 2.24) is 0 Å². The largest absolute Gasteiger partial charge is 0.469 e. The molecule has 0 heterocycles. The summed E-state index contributed by atoms with van der Waals surface area (Å²) in [4.78, 5) is 42.8. The lowest BCUT2D eigenvalue weighted by Gasteiger charge is -2.18. The number of hydrogen-bond acceptors (Lipinski definition) is 6. The summed E-state index contributed by atoms with van der Waals surface area (Å²) in [5, 5.41) is 0. The van der Waals surface area contributed by atoms with E-state index in [-0.39, 0.29) is 19.4 Å². The monoisotopic (exact) mass is 741 g/mol. The van der Waals surface area contributed by atoms with Gasteiger partial charge in [-0.15, -0.1) is 0 Å². The molecule has 1 unspecified atom stereocenters. The van der Waals surface area contributed by atoms with Crippen molar-refractivity contribution in [3.8, 4) is 0 Å². The summed E-state index contributed by atoms with van der Waals surface area (Å²) in [6.45, 7) is 3.65. The number of phosphoric ester groups is 1. The number of hydrogen-bond donors (Lipinski definition) is 2. The van der Waals surface area contributed by atoms with E-state index >= 15 is 0 Å². The van der Waals surface area contributed by atoms with Crippen LogP contribution in [0, 0.1) is 0 Å². The van der Waals surface area contributed by atoms with Crippen LogP contribution >= 0.6 is 7.82 Å². The maximum absolute atomic E-state index is 12.4. The fourth-order valence-electron chi connectivity index (χ4n) is 5.75. The normalized spacial score (nSPS) is 12.8. The molecule has 8 nitrogen and oxygen atoms in total. The second-order valence-electron chi connectivity index (χ2n) is 14.0. The average molecular weight is 741 g/mol. The lowest BCUT2D eigenvalue weighted by Crippen LogP contribution is -2.29. The van der Waals surface area contributed by atoms with E-state index in [0.29, 0.717) is 6.42 Å². The number of carbonyl (C=O) groups excluding carboxylic acids is 2. The highest BCUT2D eigenvalue weighted by atomic mass is 31.2. The van der Waals surface area contributed by atoms with Gasteiger partial charge in [-0.1, -0.05) is 153 Å². The highest BCUT2D eigenvalue weighted by molar-refractivity contribution is 7.46. The number of esters is 2. The maximum Gasteiger partial charge on any atom is 0.469 e. The lowest BCUT2D eigenvalue weighted by molar-refractivity contribution is -0.161. The summed E-state index contributed by atoms with van der Waals surface area (Å²) in [6.07, 6.45) is 44.3. The summed E-state index contributed by atoms with van der Waals surface area (Å²) < 4.78 is 26.4. The van der Waals surface area contributed by atoms with Crippen LogP contribution in [0.1, 0.15) is 200 Å². The molecular weight excluding hydrogens is 663 g/mol. The van der Waals surface area contributed by atoms with Crippen molar-refractivity contribution in [2.75, 3.05) is 13.2 Å². The van der Waals surface area contributed by atoms with Gasteiger partial charge in [-0.05, 0) is 70.6 Å². The van der Waals surface area contributed by atoms with E-state index < -0.39 is 32.5 Å². The molecule has 9 heteroatoms. The fourth-order valence-corrected chi connectivity index (χ4v) is 6.11. The molecule has 0 radical (unpaired) electrons. The molecule has 0 rings (SSSR count). The Bertz CT molecular complexity index is 926. The van der Waals surface area contributed by atoms with Gasteiger partial charge in [0.25, 0.3) is 0 Å². The smallest absolute Gasteiger partial charge is 0.462 e. The van der Waals surface area contributed by atoms with Crippen LogP contribution < -0.4 is 0 Å². The van der Waals surface area contributed by atoms with Crippen LogP contribution in [0.15, 0.2) is 36.5 Å². The third-order valence-corrected chi connectivity index (χ3v) is 9.37. The number of ether oxygens (including phenoxy) is 2. The van der Waals surface area contributed by atoms with Crippen molar-refractivity contribution in [3.63, 3.8) is 0 Å². The molecule has 1 atom stereocenters. The molecule has 0 aromatic rings. The molecule has 0 bridgehead atoms. The van der Waals surface area contributed by atoms with Crippen molar-refractivity contribution in [1.29, 1.82) is 0 Å². The molecule has 0 fully saturated rings. The van der Waals surface area contributed by atoms with Crippen LogP contribution in [0.25, 0.3) is 0 Å². The summed E-state index contributed by atoms with van der Waals surface area (Å²) in [6, 6.07) is 0. The standard InChI is InChI=1S/C42H77O8P/c1-3-5-7-9-11-13-15-17-19-20-21-23-24-26-28-30-32-34-36-41(43)48-38-40(39-49-51(45,46)47)50-42(44)37-35-33-31-29-27-25-22-18-16-14-12-10-8-6-4-2/h12,14,18-20,22,40H,3-11,13,15-17,21,23-39H2,1-2H3,(H2,45,46,47)/b14-12-,20-19-,22-18-. The minimum Gasteiger partial charge on any atom is -0.462 e. The lowest BCUT2D eigenvalue weighted by atomic mass is 10.1. The zero-order chi connectivity index (χ0) is 37.5. The Hall–Kier alpha value is -1.73. The SMILES string of the molecule is CCCCC/C=C\C/C=C\CCCCCCCC(=O)OC(COC(=O)CCCCCCCCC/C=C\CCCCCCCCC)COP(=O)(O)O. The van der Waals surface area contributed by atoms with Crippen LogP contribution in [0.5, 0.6) is 0 Å². The predicted octanol–water partition coefficient (Wildman–Crippen LogP) is 12.6. The van der Waals surface area contributed by atoms with Crippen molar-refractivity contribution in [2.45, 2.75) is 206 Å². The molecule has 0 amide bonds. The fraction of sp³-hybridized carbons (Fsp3) is 0.810. The van der Waals surface area contributed by atoms with Crippen LogP contribution in [-0.4, -0.2) is 41.0 Å². The second kappa shape index (κ2) is 38.0. The minimum atomic E-state index is -4.76. The Morgan fingerprint density at radius 1 is 0.510 bits per heavy atom. The topological polar surface area (TPSA) is 119 Å². The zero-order valence-electron chi connectivity index (χ0n) is 32.8. The molecule has 0 saturated carbocycles. The van der Waals surface area contributed by atoms with Crippen molar-refractivity contribution in [2.24, 2.45) is 0 Å². The van der Waals surface area contributed by atoms with Crippen LogP contribution in [-0.2, 0) is 28.2 Å². The van der Waals surface area contributed by atoms with Gasteiger partial charge < -0.3 is 19.3 Å². The summed E-state index contributed by atoms with van der Waals surface area (Å²) in [5.74, 6) is -0.903. The van der Waals surface area contributed by atoms with Crippen molar-refractivity contribution < 1.29 is 37.9 Å². The third kappa shape index (κ3) is 40.9. The molecule has 0 aliphatic heterocycles. The Morgan fingerprint density at radius 3 is 1.35 bits per heavy atom. The van der Waals surface area contributed by atoms with Crippen LogP contribution in [0.2, 0.25) is 0 Å². The van der Waals surface area contributed by atoms with Gasteiger partial charge in [0.15, 0.2) is 6.10 Å². The average Bonchev–Trinajstić information content (AvgIpc) is 3.10. The predicted molar refractivity (Wildman–Crippen MR) is 211 cm³/mol. The molecule has 0 aliphatic rings. The van der Waals surface area contributed by atoms with E-state index in [1.54, 1.807) is 0 Å². The maximum atomic E-state index is 12.4. The van der Waals surface area contributed by atoms with E-state index in [4.69, 9.17) is 19.3 Å². The van der Waals surface area contributed by atoms with E-state index in [2.05, 4.69) is 54.8 Å². The summed E-state index contributed by atoms with van der Waals surface area (Å²) >= 11 is 0. The molecule has 0 aliphatic carbocycles. The summed E-state index contributed by atoms with van der Waals surface area (Å²) in [5.41, 5.74) is 0. The molecular formula is C42H77O8P. The van der Waals surface area contributed by atoms with Gasteiger partial charge in [0, 0.05) is 12.8 Å². The first-order valence-electron chi connectivity index (χ1n) is 20.8. The van der Waals surface area contributed by atoms with E-state index in [0.717, 1.165) is 70.6 Å². The van der Waals surface area contributed by atoms with Gasteiger partial charge in [-0.3, -0.25) is 14.1 Å². The third-order valence-electron chi connectivity index (χ3n) is 8.88.